The van der Waals surface area contributed by atoms with Crippen LogP contribution >= 0.6 is 11.6 Å². The Morgan fingerprint density at radius 2 is 2.20 bits per heavy atom. The molecule has 0 spiro atoms. The van der Waals surface area contributed by atoms with Gasteiger partial charge in [-0.1, -0.05) is 11.6 Å². The molecule has 0 unspecified atom stereocenters. The van der Waals surface area contributed by atoms with Crippen LogP contribution < -0.4 is 10.5 Å². The van der Waals surface area contributed by atoms with Gasteiger partial charge in [-0.3, -0.25) is 0 Å². The Kier molecular flexibility index (Phi) is 2.47. The number of methoxy groups -OCH3 is 1. The molecule has 5 nitrogen and oxygen atoms in total. The van der Waals surface area contributed by atoms with Crippen molar-refractivity contribution in [1.82, 2.24) is 10.3 Å². The summed E-state index contributed by atoms with van der Waals surface area (Å²) in [4.78, 5) is 0. The van der Waals surface area contributed by atoms with Crippen molar-refractivity contribution in [2.24, 2.45) is 0 Å². The molecular weight excluding hydrogens is 218 g/mol. The fourth-order valence-electron chi connectivity index (χ4n) is 1.25. The van der Waals surface area contributed by atoms with E-state index in [0.717, 1.165) is 0 Å². The number of hydrogen-bond acceptors (Lipinski definition) is 5. The van der Waals surface area contributed by atoms with Gasteiger partial charge in [0, 0.05) is 5.02 Å². The van der Waals surface area contributed by atoms with E-state index in [0.29, 0.717) is 22.0 Å². The molecule has 0 atom stereocenters. The molecule has 0 aliphatic rings. The van der Waals surface area contributed by atoms with Crippen LogP contribution in [0, 0.1) is 0 Å². The van der Waals surface area contributed by atoms with Crippen LogP contribution in [-0.4, -0.2) is 17.4 Å². The Hall–Kier alpha value is -1.75. The van der Waals surface area contributed by atoms with E-state index in [1.807, 2.05) is 0 Å². The lowest BCUT2D eigenvalue weighted by atomic mass is 10.1. The van der Waals surface area contributed by atoms with Crippen molar-refractivity contribution >= 4 is 17.4 Å². The third kappa shape index (κ3) is 1.73. The largest absolute Gasteiger partial charge is 0.496 e. The lowest BCUT2D eigenvalue weighted by molar-refractivity contribution is 0.310. The van der Waals surface area contributed by atoms with Gasteiger partial charge in [-0.2, -0.15) is 0 Å². The third-order valence-corrected chi connectivity index (χ3v) is 2.17. The Labute approximate surface area is 90.7 Å². The lowest BCUT2D eigenvalue weighted by Gasteiger charge is -2.05. The highest BCUT2D eigenvalue weighted by Gasteiger charge is 2.14. The summed E-state index contributed by atoms with van der Waals surface area (Å²) in [5, 5.41) is 7.74. The van der Waals surface area contributed by atoms with Crippen LogP contribution in [0.2, 0.25) is 5.02 Å². The summed E-state index contributed by atoms with van der Waals surface area (Å²) >= 11 is 5.87. The van der Waals surface area contributed by atoms with Crippen molar-refractivity contribution in [3.8, 4) is 17.0 Å². The maximum atomic E-state index is 5.87. The minimum absolute atomic E-state index is 0.204. The maximum absolute atomic E-state index is 5.87. The summed E-state index contributed by atoms with van der Waals surface area (Å²) in [5.74, 6) is 0.817. The molecule has 0 aliphatic carbocycles. The van der Waals surface area contributed by atoms with E-state index < -0.39 is 0 Å². The fourth-order valence-corrected chi connectivity index (χ4v) is 1.42. The summed E-state index contributed by atoms with van der Waals surface area (Å²) in [6.07, 6.45) is 0. The predicted octanol–water partition coefficient (Wildman–Crippen LogP) is 1.98. The number of aromatic nitrogens is 2. The third-order valence-electron chi connectivity index (χ3n) is 1.93. The van der Waals surface area contributed by atoms with Gasteiger partial charge in [-0.15, -0.1) is 0 Å². The molecule has 2 rings (SSSR count). The van der Waals surface area contributed by atoms with Crippen molar-refractivity contribution in [2.75, 3.05) is 12.8 Å². The van der Waals surface area contributed by atoms with Crippen LogP contribution in [0.15, 0.2) is 22.8 Å². The zero-order valence-electron chi connectivity index (χ0n) is 7.90. The highest BCUT2D eigenvalue weighted by atomic mass is 35.5. The van der Waals surface area contributed by atoms with Gasteiger partial charge in [0.15, 0.2) is 11.5 Å². The molecule has 2 aromatic rings. The zero-order chi connectivity index (χ0) is 10.8. The molecule has 15 heavy (non-hydrogen) atoms. The van der Waals surface area contributed by atoms with E-state index in [9.17, 15) is 0 Å². The zero-order valence-corrected chi connectivity index (χ0v) is 8.65. The summed E-state index contributed by atoms with van der Waals surface area (Å²) in [6.45, 7) is 0. The van der Waals surface area contributed by atoms with Crippen LogP contribution in [-0.2, 0) is 0 Å². The predicted molar refractivity (Wildman–Crippen MR) is 55.7 cm³/mol. The topological polar surface area (TPSA) is 74.2 Å². The number of ether oxygens (including phenoxy) is 1. The average molecular weight is 226 g/mol. The van der Waals surface area contributed by atoms with E-state index in [-0.39, 0.29) is 5.82 Å². The Balaban J connectivity index is 2.60. The molecule has 0 saturated heterocycles. The molecular formula is C9H8ClN3O2. The fraction of sp³-hybridized carbons (Fsp3) is 0.111. The number of halogens is 1. The van der Waals surface area contributed by atoms with Gasteiger partial charge in [-0.05, 0) is 28.5 Å². The first-order valence-corrected chi connectivity index (χ1v) is 4.52. The van der Waals surface area contributed by atoms with Crippen molar-refractivity contribution in [1.29, 1.82) is 0 Å². The number of nitrogens with two attached hydrogens (primary N) is 1. The van der Waals surface area contributed by atoms with Crippen LogP contribution in [0.4, 0.5) is 5.82 Å². The molecule has 0 radical (unpaired) electrons. The van der Waals surface area contributed by atoms with Crippen LogP contribution in [0.5, 0.6) is 5.75 Å². The van der Waals surface area contributed by atoms with Gasteiger partial charge < -0.3 is 10.5 Å². The van der Waals surface area contributed by atoms with Gasteiger partial charge in [0.05, 0.1) is 12.7 Å². The lowest BCUT2D eigenvalue weighted by Crippen LogP contribution is -1.92. The molecule has 1 aromatic heterocycles. The second-order valence-corrected chi connectivity index (χ2v) is 3.28. The van der Waals surface area contributed by atoms with Gasteiger partial charge in [0.1, 0.15) is 5.75 Å². The van der Waals surface area contributed by atoms with Gasteiger partial charge in [0.2, 0.25) is 0 Å². The summed E-state index contributed by atoms with van der Waals surface area (Å²) in [7, 11) is 1.55. The molecule has 2 N–H and O–H groups in total. The van der Waals surface area contributed by atoms with E-state index >= 15 is 0 Å². The first kappa shape index (κ1) is 9.79. The van der Waals surface area contributed by atoms with Gasteiger partial charge >= 0.3 is 0 Å². The van der Waals surface area contributed by atoms with E-state index in [1.54, 1.807) is 25.3 Å². The van der Waals surface area contributed by atoms with Crippen LogP contribution in [0.25, 0.3) is 11.3 Å². The molecule has 0 amide bonds. The number of hydrogen-bond donors (Lipinski definition) is 1. The number of rotatable bonds is 2. The first-order valence-electron chi connectivity index (χ1n) is 4.14. The molecule has 78 valence electrons. The normalized spacial score (nSPS) is 10.3. The van der Waals surface area contributed by atoms with Crippen molar-refractivity contribution in [3.63, 3.8) is 0 Å². The molecule has 0 bridgehead atoms. The Morgan fingerprint density at radius 1 is 1.40 bits per heavy atom. The number of benzene rings is 1. The second-order valence-electron chi connectivity index (χ2n) is 2.84. The SMILES string of the molecule is COc1ccc(Cl)cc1-c1nonc1N. The smallest absolute Gasteiger partial charge is 0.196 e. The summed E-state index contributed by atoms with van der Waals surface area (Å²) < 4.78 is 9.67. The molecule has 6 heteroatoms. The van der Waals surface area contributed by atoms with Crippen molar-refractivity contribution in [3.05, 3.63) is 23.2 Å². The van der Waals surface area contributed by atoms with Crippen molar-refractivity contribution in [2.45, 2.75) is 0 Å². The highest BCUT2D eigenvalue weighted by Crippen LogP contribution is 2.33. The minimum atomic E-state index is 0.204. The Bertz CT molecular complexity index is 484. The van der Waals surface area contributed by atoms with E-state index in [4.69, 9.17) is 22.1 Å². The standard InChI is InChI=1S/C9H8ClN3O2/c1-14-7-3-2-5(10)4-6(7)8-9(11)13-15-12-8/h2-4H,1H3,(H2,11,13). The number of anilines is 1. The number of nitrogens with zero attached hydrogens (tertiary/aromatic N) is 2. The Morgan fingerprint density at radius 3 is 2.80 bits per heavy atom. The van der Waals surface area contributed by atoms with Crippen LogP contribution in [0.3, 0.4) is 0 Å². The molecule has 1 aromatic carbocycles. The van der Waals surface area contributed by atoms with Crippen molar-refractivity contribution < 1.29 is 9.37 Å². The van der Waals surface area contributed by atoms with E-state index in [2.05, 4.69) is 14.9 Å². The van der Waals surface area contributed by atoms with E-state index in [1.165, 1.54) is 0 Å². The van der Waals surface area contributed by atoms with Gasteiger partial charge in [0.25, 0.3) is 0 Å². The van der Waals surface area contributed by atoms with Crippen LogP contribution in [0.1, 0.15) is 0 Å². The number of nitrogen functional groups attached to an aromatic ring is 1. The maximum Gasteiger partial charge on any atom is 0.196 e. The van der Waals surface area contributed by atoms with Gasteiger partial charge in [-0.25, -0.2) is 4.63 Å². The first-order chi connectivity index (χ1) is 7.22. The average Bonchev–Trinajstić information content (AvgIpc) is 2.64. The molecule has 0 saturated carbocycles. The highest BCUT2D eigenvalue weighted by molar-refractivity contribution is 6.31. The molecule has 0 aliphatic heterocycles. The summed E-state index contributed by atoms with van der Waals surface area (Å²) in [6, 6.07) is 5.13. The quantitative estimate of drug-likeness (QED) is 0.846. The second kappa shape index (κ2) is 3.78. The molecule has 0 fully saturated rings. The molecule has 1 heterocycles. The monoisotopic (exact) mass is 225 g/mol. The summed E-state index contributed by atoms with van der Waals surface area (Å²) in [5.41, 5.74) is 6.66. The minimum Gasteiger partial charge on any atom is -0.496 e.